The number of rotatable bonds is 2. The predicted octanol–water partition coefficient (Wildman–Crippen LogP) is 0.734. The van der Waals surface area contributed by atoms with Crippen LogP contribution in [0.3, 0.4) is 0 Å². The first-order valence-electron chi connectivity index (χ1n) is 6.02. The van der Waals surface area contributed by atoms with Gasteiger partial charge in [-0.3, -0.25) is 0 Å². The first-order chi connectivity index (χ1) is 9.16. The van der Waals surface area contributed by atoms with Crippen LogP contribution in [0.1, 0.15) is 5.56 Å². The molecule has 2 N–H and O–H groups in total. The molecule has 0 bridgehead atoms. The Morgan fingerprint density at radius 2 is 1.95 bits per heavy atom. The highest BCUT2D eigenvalue weighted by molar-refractivity contribution is 7.99. The van der Waals surface area contributed by atoms with Crippen LogP contribution in [0.4, 0.5) is 0 Å². The molecule has 0 atom stereocenters. The van der Waals surface area contributed by atoms with Gasteiger partial charge < -0.3 is 5.73 Å². The number of nitrogens with zero attached hydrogens (tertiary/aromatic N) is 1. The van der Waals surface area contributed by atoms with Gasteiger partial charge in [0.15, 0.2) is 0 Å². The number of hydrogen-bond donors (Lipinski definition) is 1. The van der Waals surface area contributed by atoms with Crippen molar-refractivity contribution in [2.75, 3.05) is 31.1 Å². The Morgan fingerprint density at radius 1 is 1.26 bits per heavy atom. The molecule has 102 valence electrons. The Morgan fingerprint density at radius 3 is 2.63 bits per heavy atom. The third kappa shape index (κ3) is 3.31. The van der Waals surface area contributed by atoms with Crippen LogP contribution in [-0.2, 0) is 10.0 Å². The topological polar surface area (TPSA) is 63.4 Å². The maximum atomic E-state index is 12.6. The highest BCUT2D eigenvalue weighted by Gasteiger charge is 2.27. The fourth-order valence-corrected chi connectivity index (χ4v) is 4.59. The van der Waals surface area contributed by atoms with E-state index in [0.717, 1.165) is 11.5 Å². The van der Waals surface area contributed by atoms with Crippen LogP contribution < -0.4 is 5.73 Å². The quantitative estimate of drug-likeness (QED) is 0.818. The number of hydrogen-bond acceptors (Lipinski definition) is 4. The van der Waals surface area contributed by atoms with Gasteiger partial charge in [-0.15, -0.1) is 0 Å². The Hall–Kier alpha value is -1.000. The monoisotopic (exact) mass is 296 g/mol. The third-order valence-electron chi connectivity index (χ3n) is 2.80. The average molecular weight is 296 g/mol. The van der Waals surface area contributed by atoms with Crippen molar-refractivity contribution < 1.29 is 8.42 Å². The lowest BCUT2D eigenvalue weighted by Gasteiger charge is -2.26. The van der Waals surface area contributed by atoms with Crippen molar-refractivity contribution in [1.82, 2.24) is 4.31 Å². The van der Waals surface area contributed by atoms with Crippen LogP contribution in [0.5, 0.6) is 0 Å². The minimum Gasteiger partial charge on any atom is -0.320 e. The Kier molecular flexibility index (Phi) is 4.88. The molecule has 0 amide bonds. The summed E-state index contributed by atoms with van der Waals surface area (Å²) in [5.74, 6) is 7.23. The molecule has 0 radical (unpaired) electrons. The highest BCUT2D eigenvalue weighted by atomic mass is 32.2. The van der Waals surface area contributed by atoms with Crippen LogP contribution in [0, 0.1) is 11.8 Å². The first kappa shape index (κ1) is 14.4. The minimum absolute atomic E-state index is 0.217. The number of sulfonamides is 1. The number of nitrogens with two attached hydrogens (primary N) is 1. The highest BCUT2D eigenvalue weighted by Crippen LogP contribution is 2.22. The Labute approximate surface area is 118 Å². The summed E-state index contributed by atoms with van der Waals surface area (Å²) in [6.45, 7) is 1.34. The molecular formula is C13H16N2O2S2. The van der Waals surface area contributed by atoms with Gasteiger partial charge in [-0.2, -0.15) is 16.1 Å². The fraction of sp³-hybridized carbons (Fsp3) is 0.385. The molecule has 19 heavy (non-hydrogen) atoms. The SMILES string of the molecule is NCC#Cc1ccccc1S(=O)(=O)N1CCSCC1. The average Bonchev–Trinajstić information content (AvgIpc) is 2.46. The summed E-state index contributed by atoms with van der Waals surface area (Å²) in [4.78, 5) is 0.280. The van der Waals surface area contributed by atoms with Gasteiger partial charge in [-0.05, 0) is 12.1 Å². The van der Waals surface area contributed by atoms with E-state index < -0.39 is 10.0 Å². The van der Waals surface area contributed by atoms with Crippen molar-refractivity contribution in [3.8, 4) is 11.8 Å². The second-order valence-corrected chi connectivity index (χ2v) is 7.15. The molecule has 0 aromatic heterocycles. The molecule has 0 aliphatic carbocycles. The zero-order valence-corrected chi connectivity index (χ0v) is 12.1. The summed E-state index contributed by atoms with van der Waals surface area (Å²) in [6.07, 6.45) is 0. The molecule has 6 heteroatoms. The smallest absolute Gasteiger partial charge is 0.244 e. The van der Waals surface area contributed by atoms with Crippen LogP contribution in [0.25, 0.3) is 0 Å². The molecule has 1 heterocycles. The number of benzene rings is 1. The van der Waals surface area contributed by atoms with Crippen LogP contribution in [-0.4, -0.2) is 43.9 Å². The molecule has 4 nitrogen and oxygen atoms in total. The van der Waals surface area contributed by atoms with E-state index in [1.54, 1.807) is 36.0 Å². The van der Waals surface area contributed by atoms with Gasteiger partial charge in [0.1, 0.15) is 0 Å². The molecule has 0 unspecified atom stereocenters. The van der Waals surface area contributed by atoms with E-state index in [9.17, 15) is 8.42 Å². The largest absolute Gasteiger partial charge is 0.320 e. The van der Waals surface area contributed by atoms with E-state index in [4.69, 9.17) is 5.73 Å². The molecular weight excluding hydrogens is 280 g/mol. The second-order valence-electron chi connectivity index (χ2n) is 4.02. The number of thioether (sulfide) groups is 1. The van der Waals surface area contributed by atoms with E-state index in [-0.39, 0.29) is 11.4 Å². The molecule has 1 aromatic rings. The standard InChI is InChI=1S/C13H16N2O2S2/c14-7-3-5-12-4-1-2-6-13(12)19(16,17)15-8-10-18-11-9-15/h1-2,4,6H,7-11,14H2. The molecule has 1 saturated heterocycles. The lowest BCUT2D eigenvalue weighted by molar-refractivity contribution is 0.443. The van der Waals surface area contributed by atoms with Gasteiger partial charge in [-0.25, -0.2) is 8.42 Å². The van der Waals surface area contributed by atoms with Gasteiger partial charge in [0.2, 0.25) is 10.0 Å². The molecule has 1 fully saturated rings. The molecule has 0 spiro atoms. The Balaban J connectivity index is 2.39. The summed E-state index contributed by atoms with van der Waals surface area (Å²) in [5, 5.41) is 0. The van der Waals surface area contributed by atoms with Crippen molar-refractivity contribution >= 4 is 21.8 Å². The first-order valence-corrected chi connectivity index (χ1v) is 8.61. The maximum absolute atomic E-state index is 12.6. The molecule has 1 aromatic carbocycles. The van der Waals surface area contributed by atoms with Gasteiger partial charge in [0.05, 0.1) is 11.4 Å². The minimum atomic E-state index is -3.45. The molecule has 0 saturated carbocycles. The van der Waals surface area contributed by atoms with E-state index in [1.807, 2.05) is 0 Å². The normalized spacial score (nSPS) is 16.7. The zero-order chi connectivity index (χ0) is 13.7. The summed E-state index contributed by atoms with van der Waals surface area (Å²) in [7, 11) is -3.45. The summed E-state index contributed by atoms with van der Waals surface area (Å²) in [6, 6.07) is 6.83. The van der Waals surface area contributed by atoms with Gasteiger partial charge in [0, 0.05) is 30.2 Å². The summed E-state index contributed by atoms with van der Waals surface area (Å²) in [5.41, 5.74) is 5.86. The molecule has 2 rings (SSSR count). The lowest BCUT2D eigenvalue weighted by Crippen LogP contribution is -2.38. The summed E-state index contributed by atoms with van der Waals surface area (Å²) < 4.78 is 26.7. The predicted molar refractivity (Wildman–Crippen MR) is 78.5 cm³/mol. The van der Waals surface area contributed by atoms with Gasteiger partial charge in [-0.1, -0.05) is 24.0 Å². The van der Waals surface area contributed by atoms with Crippen LogP contribution in [0.15, 0.2) is 29.2 Å². The zero-order valence-electron chi connectivity index (χ0n) is 10.5. The van der Waals surface area contributed by atoms with E-state index >= 15 is 0 Å². The van der Waals surface area contributed by atoms with Gasteiger partial charge in [0.25, 0.3) is 0 Å². The van der Waals surface area contributed by atoms with Crippen LogP contribution >= 0.6 is 11.8 Å². The van der Waals surface area contributed by atoms with Crippen LogP contribution in [0.2, 0.25) is 0 Å². The third-order valence-corrected chi connectivity index (χ3v) is 5.70. The fourth-order valence-electron chi connectivity index (χ4n) is 1.87. The lowest BCUT2D eigenvalue weighted by atomic mass is 10.2. The van der Waals surface area contributed by atoms with E-state index in [2.05, 4.69) is 11.8 Å². The molecule has 1 aliphatic heterocycles. The maximum Gasteiger partial charge on any atom is 0.244 e. The van der Waals surface area contributed by atoms with Gasteiger partial charge >= 0.3 is 0 Å². The van der Waals surface area contributed by atoms with Crippen molar-refractivity contribution in [3.63, 3.8) is 0 Å². The van der Waals surface area contributed by atoms with E-state index in [1.165, 1.54) is 4.31 Å². The molecule has 1 aliphatic rings. The second kappa shape index (κ2) is 6.44. The van der Waals surface area contributed by atoms with E-state index in [0.29, 0.717) is 18.7 Å². The van der Waals surface area contributed by atoms with Crippen molar-refractivity contribution in [3.05, 3.63) is 29.8 Å². The van der Waals surface area contributed by atoms with Crippen molar-refractivity contribution in [1.29, 1.82) is 0 Å². The van der Waals surface area contributed by atoms with Crippen molar-refractivity contribution in [2.24, 2.45) is 5.73 Å². The summed E-state index contributed by atoms with van der Waals surface area (Å²) >= 11 is 1.78. The van der Waals surface area contributed by atoms with Crippen molar-refractivity contribution in [2.45, 2.75) is 4.90 Å². The Bertz CT molecular complexity index is 597.